The molecule has 0 saturated carbocycles. The Kier molecular flexibility index (Phi) is 4.71. The van der Waals surface area contributed by atoms with E-state index < -0.39 is 5.76 Å². The number of ether oxygens (including phenoxy) is 1. The molecular weight excluding hydrogens is 396 g/mol. The van der Waals surface area contributed by atoms with Gasteiger partial charge in [0.05, 0.1) is 18.3 Å². The van der Waals surface area contributed by atoms with Gasteiger partial charge in [-0.3, -0.25) is 9.36 Å². The first-order valence-electron chi connectivity index (χ1n) is 10.0. The Morgan fingerprint density at radius 1 is 0.968 bits per heavy atom. The lowest BCUT2D eigenvalue weighted by molar-refractivity contribution is -0.116. The summed E-state index contributed by atoms with van der Waals surface area (Å²) >= 11 is 0. The van der Waals surface area contributed by atoms with E-state index in [2.05, 4.69) is 5.32 Å². The van der Waals surface area contributed by atoms with Crippen LogP contribution in [0.4, 0.5) is 5.69 Å². The van der Waals surface area contributed by atoms with Gasteiger partial charge in [0.15, 0.2) is 5.58 Å². The first kappa shape index (κ1) is 19.0. The van der Waals surface area contributed by atoms with Gasteiger partial charge in [-0.05, 0) is 30.7 Å². The van der Waals surface area contributed by atoms with Gasteiger partial charge >= 0.3 is 5.76 Å². The Morgan fingerprint density at radius 3 is 2.58 bits per heavy atom. The zero-order chi connectivity index (χ0) is 21.4. The minimum atomic E-state index is -0.418. The summed E-state index contributed by atoms with van der Waals surface area (Å²) < 4.78 is 18.2. The number of hydrogen-bond acceptors (Lipinski definition) is 5. The van der Waals surface area contributed by atoms with E-state index in [9.17, 15) is 9.59 Å². The maximum atomic E-state index is 12.6. The van der Waals surface area contributed by atoms with Crippen LogP contribution in [-0.4, -0.2) is 17.6 Å². The number of carbonyl (C=O) groups is 1. The zero-order valence-electron chi connectivity index (χ0n) is 16.9. The van der Waals surface area contributed by atoms with Crippen LogP contribution in [0, 0.1) is 0 Å². The van der Waals surface area contributed by atoms with Crippen LogP contribution in [0.5, 0.6) is 5.75 Å². The molecule has 0 saturated heterocycles. The smallest absolute Gasteiger partial charge is 0.419 e. The first-order valence-corrected chi connectivity index (χ1v) is 10.0. The summed E-state index contributed by atoms with van der Waals surface area (Å²) in [6.07, 6.45) is 0.734. The Labute approximate surface area is 176 Å². The molecule has 0 aliphatic heterocycles. The summed E-state index contributed by atoms with van der Waals surface area (Å²) in [7, 11) is 1.57. The van der Waals surface area contributed by atoms with Gasteiger partial charge in [-0.2, -0.15) is 0 Å². The summed E-state index contributed by atoms with van der Waals surface area (Å²) in [6, 6.07) is 18.6. The third-order valence-corrected chi connectivity index (χ3v) is 5.33. The summed E-state index contributed by atoms with van der Waals surface area (Å²) in [4.78, 5) is 24.6. The molecule has 7 heteroatoms. The van der Waals surface area contributed by atoms with Gasteiger partial charge in [-0.15, -0.1) is 0 Å². The fourth-order valence-electron chi connectivity index (χ4n) is 3.85. The van der Waals surface area contributed by atoms with Crippen molar-refractivity contribution in [1.82, 2.24) is 4.57 Å². The number of para-hydroxylation sites is 3. The molecule has 5 aromatic rings. The van der Waals surface area contributed by atoms with Crippen LogP contribution in [0.25, 0.3) is 33.0 Å². The highest BCUT2D eigenvalue weighted by Crippen LogP contribution is 2.36. The molecule has 2 aromatic heterocycles. The molecule has 0 fully saturated rings. The van der Waals surface area contributed by atoms with E-state index in [1.165, 1.54) is 0 Å². The number of furan rings is 1. The monoisotopic (exact) mass is 416 g/mol. The molecule has 3 aromatic carbocycles. The second-order valence-electron chi connectivity index (χ2n) is 7.29. The maximum absolute atomic E-state index is 12.6. The van der Waals surface area contributed by atoms with Crippen molar-refractivity contribution in [3.05, 3.63) is 71.2 Å². The van der Waals surface area contributed by atoms with Crippen molar-refractivity contribution in [1.29, 1.82) is 0 Å². The van der Waals surface area contributed by atoms with Crippen LogP contribution in [0.3, 0.4) is 0 Å². The highest BCUT2D eigenvalue weighted by atomic mass is 16.5. The molecule has 31 heavy (non-hydrogen) atoms. The highest BCUT2D eigenvalue weighted by Gasteiger charge is 2.14. The van der Waals surface area contributed by atoms with Crippen molar-refractivity contribution < 1.29 is 18.4 Å². The molecule has 0 aliphatic rings. The van der Waals surface area contributed by atoms with Crippen LogP contribution in [0.15, 0.2) is 74.3 Å². The van der Waals surface area contributed by atoms with Crippen molar-refractivity contribution in [2.24, 2.45) is 0 Å². The van der Waals surface area contributed by atoms with E-state index in [-0.39, 0.29) is 12.3 Å². The van der Waals surface area contributed by atoms with Crippen molar-refractivity contribution in [2.45, 2.75) is 19.4 Å². The molecule has 7 nitrogen and oxygen atoms in total. The van der Waals surface area contributed by atoms with E-state index >= 15 is 0 Å². The molecule has 1 N–H and O–H groups in total. The third-order valence-electron chi connectivity index (χ3n) is 5.33. The van der Waals surface area contributed by atoms with Gasteiger partial charge in [0, 0.05) is 29.8 Å². The number of fused-ring (bicyclic) bond motifs is 4. The summed E-state index contributed by atoms with van der Waals surface area (Å²) in [6.45, 7) is 0.392. The predicted octanol–water partition coefficient (Wildman–Crippen LogP) is 4.92. The molecule has 0 spiro atoms. The molecule has 5 rings (SSSR count). The topological polar surface area (TPSA) is 86.6 Å². The Bertz CT molecular complexity index is 1470. The third kappa shape index (κ3) is 3.44. The minimum Gasteiger partial charge on any atom is -0.495 e. The number of aromatic nitrogens is 1. The number of anilines is 1. The molecule has 0 atom stereocenters. The molecule has 0 bridgehead atoms. The standard InChI is InChI=1S/C24H20N2O5/c1-29-22-13-16-15-7-2-4-9-19(15)30-21(16)14-17(22)25-23(27)11-6-12-26-18-8-3-5-10-20(18)31-24(26)28/h2-5,7-10,13-14H,6,11-12H2,1H3,(H,25,27). The average Bonchev–Trinajstić information content (AvgIpc) is 3.29. The van der Waals surface area contributed by atoms with E-state index in [1.807, 2.05) is 48.5 Å². The fraction of sp³-hybridized carbons (Fsp3) is 0.167. The van der Waals surface area contributed by atoms with Crippen molar-refractivity contribution in [2.75, 3.05) is 12.4 Å². The van der Waals surface area contributed by atoms with Crippen molar-refractivity contribution in [3.8, 4) is 5.75 Å². The number of oxazole rings is 1. The number of nitrogens with zero attached hydrogens (tertiary/aromatic N) is 1. The quantitative estimate of drug-likeness (QED) is 0.424. The minimum absolute atomic E-state index is 0.172. The molecule has 1 amide bonds. The Hall–Kier alpha value is -4.00. The zero-order valence-corrected chi connectivity index (χ0v) is 16.9. The van der Waals surface area contributed by atoms with E-state index in [0.717, 1.165) is 21.9 Å². The molecule has 0 unspecified atom stereocenters. The number of hydrogen-bond donors (Lipinski definition) is 1. The number of rotatable bonds is 6. The molecule has 0 radical (unpaired) electrons. The molecular formula is C24H20N2O5. The van der Waals surface area contributed by atoms with Crippen LogP contribution in [-0.2, 0) is 11.3 Å². The number of benzene rings is 3. The number of carbonyl (C=O) groups excluding carboxylic acids is 1. The number of methoxy groups -OCH3 is 1. The van der Waals surface area contributed by atoms with E-state index in [1.54, 1.807) is 23.8 Å². The summed E-state index contributed by atoms with van der Waals surface area (Å²) in [5.74, 6) is -0.0299. The normalized spacial score (nSPS) is 11.4. The highest BCUT2D eigenvalue weighted by molar-refractivity contribution is 6.07. The van der Waals surface area contributed by atoms with Crippen LogP contribution in [0.1, 0.15) is 12.8 Å². The number of nitrogens with one attached hydrogen (secondary N) is 1. The lowest BCUT2D eigenvalue weighted by Crippen LogP contribution is -2.17. The predicted molar refractivity (Wildman–Crippen MR) is 119 cm³/mol. The lowest BCUT2D eigenvalue weighted by Gasteiger charge is -2.10. The van der Waals surface area contributed by atoms with Crippen LogP contribution >= 0.6 is 0 Å². The molecule has 2 heterocycles. The van der Waals surface area contributed by atoms with Gasteiger partial charge in [0.2, 0.25) is 5.91 Å². The number of aryl methyl sites for hydroxylation is 1. The molecule has 156 valence electrons. The molecule has 0 aliphatic carbocycles. The van der Waals surface area contributed by atoms with E-state index in [0.29, 0.717) is 35.6 Å². The Morgan fingerprint density at radius 2 is 1.74 bits per heavy atom. The van der Waals surface area contributed by atoms with Crippen LogP contribution in [0.2, 0.25) is 0 Å². The largest absolute Gasteiger partial charge is 0.495 e. The number of amides is 1. The van der Waals surface area contributed by atoms with Gasteiger partial charge in [-0.25, -0.2) is 4.79 Å². The van der Waals surface area contributed by atoms with Crippen LogP contribution < -0.4 is 15.8 Å². The van der Waals surface area contributed by atoms with Gasteiger partial charge in [0.1, 0.15) is 16.9 Å². The first-order chi connectivity index (χ1) is 15.1. The van der Waals surface area contributed by atoms with Gasteiger partial charge in [-0.1, -0.05) is 30.3 Å². The SMILES string of the molecule is COc1cc2c(cc1NC(=O)CCCn1c(=O)oc3ccccc31)oc1ccccc12. The second kappa shape index (κ2) is 7.68. The second-order valence-corrected chi connectivity index (χ2v) is 7.29. The Balaban J connectivity index is 1.32. The summed E-state index contributed by atoms with van der Waals surface area (Å²) in [5, 5.41) is 4.81. The van der Waals surface area contributed by atoms with E-state index in [4.69, 9.17) is 13.6 Å². The van der Waals surface area contributed by atoms with Crippen molar-refractivity contribution in [3.63, 3.8) is 0 Å². The summed E-state index contributed by atoms with van der Waals surface area (Å²) in [5.41, 5.74) is 3.27. The fourth-order valence-corrected chi connectivity index (χ4v) is 3.85. The lowest BCUT2D eigenvalue weighted by atomic mass is 10.1. The van der Waals surface area contributed by atoms with Crippen molar-refractivity contribution >= 4 is 44.6 Å². The average molecular weight is 416 g/mol. The van der Waals surface area contributed by atoms with Gasteiger partial charge in [0.25, 0.3) is 0 Å². The van der Waals surface area contributed by atoms with Gasteiger partial charge < -0.3 is 18.9 Å². The maximum Gasteiger partial charge on any atom is 0.419 e.